The van der Waals surface area contributed by atoms with Gasteiger partial charge in [0.2, 0.25) is 0 Å². The zero-order valence-electron chi connectivity index (χ0n) is 12.1. The van der Waals surface area contributed by atoms with E-state index in [1.807, 2.05) is 30.3 Å². The monoisotopic (exact) mass is 368 g/mol. The van der Waals surface area contributed by atoms with Gasteiger partial charge in [0.25, 0.3) is 0 Å². The van der Waals surface area contributed by atoms with Gasteiger partial charge < -0.3 is 4.55 Å². The molecule has 24 heavy (non-hydrogen) atoms. The first-order valence-electron chi connectivity index (χ1n) is 6.80. The van der Waals surface area contributed by atoms with Crippen LogP contribution in [0.3, 0.4) is 0 Å². The number of nitrogens with one attached hydrogen (secondary N) is 1. The maximum Gasteiger partial charge on any atom is 0.416 e. The molecule has 1 aromatic heterocycles. The van der Waals surface area contributed by atoms with Gasteiger partial charge in [0.1, 0.15) is 16.4 Å². The maximum atomic E-state index is 12.5. The molecule has 0 radical (unpaired) electrons. The Morgan fingerprint density at radius 3 is 2.29 bits per heavy atom. The summed E-state index contributed by atoms with van der Waals surface area (Å²) in [5, 5.41) is 2.48. The number of hydrogen-bond acceptors (Lipinski definition) is 4. The molecule has 124 valence electrons. The third-order valence-corrected chi connectivity index (χ3v) is 5.10. The van der Waals surface area contributed by atoms with E-state index >= 15 is 0 Å². The lowest BCUT2D eigenvalue weighted by Crippen LogP contribution is -2.14. The fraction of sp³-hybridized carbons (Fsp3) is 0.0625. The highest BCUT2D eigenvalue weighted by Crippen LogP contribution is 2.30. The quantitative estimate of drug-likeness (QED) is 0.662. The van der Waals surface area contributed by atoms with Gasteiger partial charge in [-0.25, -0.2) is 4.98 Å². The summed E-state index contributed by atoms with van der Waals surface area (Å²) < 4.78 is 52.5. The van der Waals surface area contributed by atoms with Crippen molar-refractivity contribution in [3.05, 3.63) is 65.5 Å². The molecule has 1 N–H and O–H groups in total. The number of rotatable bonds is 4. The lowest BCUT2D eigenvalue weighted by atomic mass is 10.2. The molecule has 3 nitrogen and oxygen atoms in total. The molecule has 3 rings (SSSR count). The second kappa shape index (κ2) is 6.84. The minimum Gasteiger partial charge on any atom is -0.588 e. The van der Waals surface area contributed by atoms with Crippen LogP contribution in [0, 0.1) is 0 Å². The van der Waals surface area contributed by atoms with Crippen molar-refractivity contribution >= 4 is 28.5 Å². The van der Waals surface area contributed by atoms with E-state index in [1.54, 1.807) is 5.38 Å². The van der Waals surface area contributed by atoms with E-state index in [0.717, 1.165) is 22.7 Å². The summed E-state index contributed by atoms with van der Waals surface area (Å²) in [6.45, 7) is 0. The van der Waals surface area contributed by atoms with Gasteiger partial charge in [-0.1, -0.05) is 30.3 Å². The molecule has 0 aliphatic rings. The third-order valence-electron chi connectivity index (χ3n) is 3.12. The van der Waals surface area contributed by atoms with Crippen LogP contribution in [0.2, 0.25) is 0 Å². The van der Waals surface area contributed by atoms with E-state index in [2.05, 4.69) is 9.71 Å². The molecule has 0 saturated heterocycles. The van der Waals surface area contributed by atoms with Crippen molar-refractivity contribution in [2.75, 3.05) is 4.72 Å². The Labute approximate surface area is 143 Å². The number of nitrogens with zero attached hydrogens (tertiary/aromatic N) is 1. The van der Waals surface area contributed by atoms with Crippen LogP contribution in [0.15, 0.2) is 64.9 Å². The van der Waals surface area contributed by atoms with Gasteiger partial charge in [0.15, 0.2) is 10.7 Å². The number of aromatic nitrogens is 1. The van der Waals surface area contributed by atoms with E-state index in [4.69, 9.17) is 0 Å². The standard InChI is InChI=1S/C16H11F3N2OS2/c17-16(18,19)12-6-8-13(9-7-12)24(22)21-14-10-23-15(20-14)11-4-2-1-3-5-11/h1-10,21H. The first-order chi connectivity index (χ1) is 11.4. The van der Waals surface area contributed by atoms with Gasteiger partial charge in [0.05, 0.1) is 5.56 Å². The number of benzene rings is 2. The van der Waals surface area contributed by atoms with Crippen molar-refractivity contribution in [1.29, 1.82) is 0 Å². The van der Waals surface area contributed by atoms with Gasteiger partial charge in [0, 0.05) is 10.9 Å². The Bertz CT molecular complexity index is 804. The molecule has 1 atom stereocenters. The minimum absolute atomic E-state index is 0.247. The molecule has 1 heterocycles. The number of alkyl halides is 3. The molecule has 0 saturated carbocycles. The Morgan fingerprint density at radius 2 is 1.67 bits per heavy atom. The highest BCUT2D eigenvalue weighted by Gasteiger charge is 2.30. The van der Waals surface area contributed by atoms with Crippen molar-refractivity contribution in [2.24, 2.45) is 0 Å². The molecule has 1 unspecified atom stereocenters. The lowest BCUT2D eigenvalue weighted by Gasteiger charge is -2.11. The third kappa shape index (κ3) is 3.89. The normalized spacial score (nSPS) is 12.8. The SMILES string of the molecule is [O-][S+](Nc1csc(-c2ccccc2)n1)c1ccc(C(F)(F)F)cc1. The summed E-state index contributed by atoms with van der Waals surface area (Å²) in [7, 11) is 0. The predicted octanol–water partition coefficient (Wildman–Crippen LogP) is 4.96. The summed E-state index contributed by atoms with van der Waals surface area (Å²) in [6.07, 6.45) is -4.41. The smallest absolute Gasteiger partial charge is 0.416 e. The van der Waals surface area contributed by atoms with Crippen molar-refractivity contribution in [1.82, 2.24) is 4.98 Å². The molecule has 0 aliphatic carbocycles. The Hall–Kier alpha value is -2.03. The average molecular weight is 368 g/mol. The van der Waals surface area contributed by atoms with Crippen LogP contribution in [0.5, 0.6) is 0 Å². The second-order valence-electron chi connectivity index (χ2n) is 4.80. The summed E-state index contributed by atoms with van der Waals surface area (Å²) in [5.41, 5.74) is 0.166. The number of hydrogen-bond donors (Lipinski definition) is 1. The molecule has 2 aromatic carbocycles. The van der Waals surface area contributed by atoms with Gasteiger partial charge >= 0.3 is 6.18 Å². The van der Waals surface area contributed by atoms with Crippen LogP contribution in [0.1, 0.15) is 5.56 Å². The number of thiazole rings is 1. The van der Waals surface area contributed by atoms with Gasteiger partial charge in [-0.3, -0.25) is 0 Å². The average Bonchev–Trinajstić information content (AvgIpc) is 3.03. The van der Waals surface area contributed by atoms with Crippen LogP contribution in [-0.4, -0.2) is 9.54 Å². The van der Waals surface area contributed by atoms with Crippen LogP contribution in [0.25, 0.3) is 10.6 Å². The molecule has 0 spiro atoms. The predicted molar refractivity (Wildman–Crippen MR) is 89.0 cm³/mol. The molecule has 0 bridgehead atoms. The van der Waals surface area contributed by atoms with Gasteiger partial charge in [-0.15, -0.1) is 11.3 Å². The minimum atomic E-state index is -4.41. The Morgan fingerprint density at radius 1 is 1.00 bits per heavy atom. The maximum absolute atomic E-state index is 12.5. The van der Waals surface area contributed by atoms with Gasteiger partial charge in [-0.05, 0) is 24.3 Å². The largest absolute Gasteiger partial charge is 0.588 e. The zero-order valence-corrected chi connectivity index (χ0v) is 13.7. The molecular formula is C16H11F3N2OS2. The van der Waals surface area contributed by atoms with Crippen molar-refractivity contribution < 1.29 is 17.7 Å². The first kappa shape index (κ1) is 16.8. The second-order valence-corrected chi connectivity index (χ2v) is 6.87. The molecular weight excluding hydrogens is 357 g/mol. The Kier molecular flexibility index (Phi) is 4.79. The van der Waals surface area contributed by atoms with Crippen molar-refractivity contribution in [2.45, 2.75) is 11.1 Å². The summed E-state index contributed by atoms with van der Waals surface area (Å²) in [5.74, 6) is 0.414. The fourth-order valence-corrected chi connectivity index (χ4v) is 3.58. The van der Waals surface area contributed by atoms with E-state index < -0.39 is 23.1 Å². The number of anilines is 1. The summed E-state index contributed by atoms with van der Waals surface area (Å²) in [6, 6.07) is 13.7. The van der Waals surface area contributed by atoms with E-state index in [9.17, 15) is 17.7 Å². The van der Waals surface area contributed by atoms with Crippen LogP contribution in [-0.2, 0) is 17.5 Å². The van der Waals surface area contributed by atoms with Crippen molar-refractivity contribution in [3.63, 3.8) is 0 Å². The topological polar surface area (TPSA) is 48.0 Å². The van der Waals surface area contributed by atoms with Crippen LogP contribution >= 0.6 is 11.3 Å². The number of halogens is 3. The zero-order chi connectivity index (χ0) is 17.2. The molecule has 0 fully saturated rings. The highest BCUT2D eigenvalue weighted by atomic mass is 32.2. The van der Waals surface area contributed by atoms with Crippen LogP contribution in [0.4, 0.5) is 19.0 Å². The fourth-order valence-electron chi connectivity index (χ4n) is 1.96. The summed E-state index contributed by atoms with van der Waals surface area (Å²) in [4.78, 5) is 4.58. The van der Waals surface area contributed by atoms with Crippen molar-refractivity contribution in [3.8, 4) is 10.6 Å². The molecule has 8 heteroatoms. The Balaban J connectivity index is 1.71. The van der Waals surface area contributed by atoms with E-state index in [0.29, 0.717) is 5.82 Å². The highest BCUT2D eigenvalue weighted by molar-refractivity contribution is 7.92. The molecule has 0 amide bonds. The lowest BCUT2D eigenvalue weighted by molar-refractivity contribution is -0.137. The molecule has 0 aliphatic heterocycles. The summed E-state index contributed by atoms with van der Waals surface area (Å²) >= 11 is -0.297. The van der Waals surface area contributed by atoms with Gasteiger partial charge in [-0.2, -0.15) is 17.9 Å². The van der Waals surface area contributed by atoms with Crippen LogP contribution < -0.4 is 4.72 Å². The first-order valence-corrected chi connectivity index (χ1v) is 8.83. The van der Waals surface area contributed by atoms with E-state index in [-0.39, 0.29) is 4.90 Å². The van der Waals surface area contributed by atoms with E-state index in [1.165, 1.54) is 23.5 Å². The molecule has 3 aromatic rings.